The molecule has 1 rings (SSSR count). The molecule has 0 saturated carbocycles. The van der Waals surface area contributed by atoms with Crippen LogP contribution in [-0.4, -0.2) is 42.4 Å². The largest absolute Gasteiger partial charge is 0.480 e. The Labute approximate surface area is 140 Å². The highest BCUT2D eigenvalue weighted by molar-refractivity contribution is 8.01. The van der Waals surface area contributed by atoms with Crippen molar-refractivity contribution in [3.8, 4) is 0 Å². The molecular weight excluding hydrogens is 338 g/mol. The zero-order valence-corrected chi connectivity index (χ0v) is 14.9. The molecule has 0 saturated heterocycles. The van der Waals surface area contributed by atoms with Crippen molar-refractivity contribution in [1.29, 1.82) is 0 Å². The fraction of sp³-hybridized carbons (Fsp3) is 0.467. The summed E-state index contributed by atoms with van der Waals surface area (Å²) in [6.07, 6.45) is 0.507. The second-order valence-electron chi connectivity index (χ2n) is 5.09. The van der Waals surface area contributed by atoms with Crippen molar-refractivity contribution in [2.24, 2.45) is 0 Å². The Hall–Kier alpha value is -1.54. The maximum absolute atomic E-state index is 12.3. The maximum atomic E-state index is 12.3. The third-order valence-corrected chi connectivity index (χ3v) is 6.34. The highest BCUT2D eigenvalue weighted by Gasteiger charge is 2.23. The Kier molecular flexibility index (Phi) is 7.08. The molecule has 0 spiro atoms. The van der Waals surface area contributed by atoms with Crippen LogP contribution in [0.2, 0.25) is 0 Å². The summed E-state index contributed by atoms with van der Waals surface area (Å²) in [5.74, 6) is -1.53. The van der Waals surface area contributed by atoms with E-state index in [1.54, 1.807) is 32.0 Å². The number of carboxylic acids is 1. The minimum atomic E-state index is -3.40. The van der Waals surface area contributed by atoms with Crippen LogP contribution in [0.25, 0.3) is 0 Å². The molecule has 1 amide bonds. The normalized spacial score (nSPS) is 14.0. The Balaban J connectivity index is 2.93. The lowest BCUT2D eigenvalue weighted by atomic mass is 10.3. The predicted octanol–water partition coefficient (Wildman–Crippen LogP) is 1.94. The van der Waals surface area contributed by atoms with Crippen LogP contribution in [0.3, 0.4) is 0 Å². The van der Waals surface area contributed by atoms with Gasteiger partial charge >= 0.3 is 5.97 Å². The number of carbonyl (C=O) groups is 2. The number of nitrogens with one attached hydrogen (secondary N) is 1. The lowest BCUT2D eigenvalue weighted by Crippen LogP contribution is -2.42. The van der Waals surface area contributed by atoms with Gasteiger partial charge in [0, 0.05) is 4.90 Å². The second-order valence-corrected chi connectivity index (χ2v) is 8.55. The summed E-state index contributed by atoms with van der Waals surface area (Å²) in [6, 6.07) is 5.53. The van der Waals surface area contributed by atoms with Gasteiger partial charge in [-0.3, -0.25) is 9.59 Å². The van der Waals surface area contributed by atoms with Gasteiger partial charge in [0.15, 0.2) is 9.84 Å². The van der Waals surface area contributed by atoms with Crippen molar-refractivity contribution in [2.45, 2.75) is 48.3 Å². The van der Waals surface area contributed by atoms with Gasteiger partial charge in [-0.15, -0.1) is 11.8 Å². The number of amides is 1. The molecule has 1 aromatic rings. The molecule has 0 aliphatic heterocycles. The summed E-state index contributed by atoms with van der Waals surface area (Å²) in [5, 5.41) is 10.6. The minimum absolute atomic E-state index is 0.0429. The third kappa shape index (κ3) is 5.54. The molecule has 8 heteroatoms. The molecule has 1 aromatic carbocycles. The van der Waals surface area contributed by atoms with Crippen LogP contribution in [0.15, 0.2) is 34.1 Å². The molecule has 0 fully saturated rings. The molecule has 0 radical (unpaired) electrons. The standard InChI is InChI=1S/C15H21NO5S2/c1-4-9-23(20,21)13-8-6-5-7-12(13)22-11(3)14(17)16-10(2)15(18)19/h5-8,10-11H,4,9H2,1-3H3,(H,16,17)(H,18,19). The zero-order chi connectivity index (χ0) is 17.6. The maximum Gasteiger partial charge on any atom is 0.325 e. The van der Waals surface area contributed by atoms with Gasteiger partial charge in [0.25, 0.3) is 0 Å². The minimum Gasteiger partial charge on any atom is -0.480 e. The molecule has 128 valence electrons. The first kappa shape index (κ1) is 19.5. The summed E-state index contributed by atoms with van der Waals surface area (Å²) in [6.45, 7) is 4.77. The van der Waals surface area contributed by atoms with Gasteiger partial charge in [-0.2, -0.15) is 0 Å². The van der Waals surface area contributed by atoms with Crippen LogP contribution < -0.4 is 5.32 Å². The fourth-order valence-electron chi connectivity index (χ4n) is 1.82. The van der Waals surface area contributed by atoms with E-state index in [2.05, 4.69) is 5.32 Å². The molecule has 0 aliphatic rings. The van der Waals surface area contributed by atoms with Crippen molar-refractivity contribution < 1.29 is 23.1 Å². The smallest absolute Gasteiger partial charge is 0.325 e. The molecule has 6 nitrogen and oxygen atoms in total. The van der Waals surface area contributed by atoms with E-state index in [-0.39, 0.29) is 10.6 Å². The van der Waals surface area contributed by atoms with E-state index < -0.39 is 33.0 Å². The lowest BCUT2D eigenvalue weighted by Gasteiger charge is -2.16. The number of sulfone groups is 1. The van der Waals surface area contributed by atoms with Gasteiger partial charge in [-0.25, -0.2) is 8.42 Å². The average molecular weight is 359 g/mol. The topological polar surface area (TPSA) is 101 Å². The van der Waals surface area contributed by atoms with Crippen molar-refractivity contribution in [3.63, 3.8) is 0 Å². The Morgan fingerprint density at radius 3 is 2.43 bits per heavy atom. The van der Waals surface area contributed by atoms with E-state index in [0.29, 0.717) is 11.3 Å². The molecule has 2 atom stereocenters. The quantitative estimate of drug-likeness (QED) is 0.688. The van der Waals surface area contributed by atoms with Crippen LogP contribution >= 0.6 is 11.8 Å². The van der Waals surface area contributed by atoms with Gasteiger partial charge < -0.3 is 10.4 Å². The second kappa shape index (κ2) is 8.35. The van der Waals surface area contributed by atoms with Crippen LogP contribution in [0.5, 0.6) is 0 Å². The van der Waals surface area contributed by atoms with Gasteiger partial charge in [0.2, 0.25) is 5.91 Å². The number of carboxylic acid groups (broad SMARTS) is 1. The Bertz CT molecular complexity index is 672. The first-order valence-corrected chi connectivity index (χ1v) is 9.73. The van der Waals surface area contributed by atoms with E-state index in [4.69, 9.17) is 5.11 Å². The molecule has 0 aromatic heterocycles. The number of hydrogen-bond donors (Lipinski definition) is 2. The first-order valence-electron chi connectivity index (χ1n) is 7.20. The summed E-state index contributed by atoms with van der Waals surface area (Å²) in [5.41, 5.74) is 0. The van der Waals surface area contributed by atoms with Crippen LogP contribution in [0.4, 0.5) is 0 Å². The van der Waals surface area contributed by atoms with E-state index in [1.807, 2.05) is 0 Å². The van der Waals surface area contributed by atoms with Crippen LogP contribution in [0, 0.1) is 0 Å². The zero-order valence-electron chi connectivity index (χ0n) is 13.3. The predicted molar refractivity (Wildman–Crippen MR) is 89.3 cm³/mol. The number of rotatable bonds is 8. The molecule has 0 heterocycles. The monoisotopic (exact) mass is 359 g/mol. The number of hydrogen-bond acceptors (Lipinski definition) is 5. The number of benzene rings is 1. The number of thioether (sulfide) groups is 1. The summed E-state index contributed by atoms with van der Waals surface area (Å²) >= 11 is 1.10. The molecule has 23 heavy (non-hydrogen) atoms. The summed E-state index contributed by atoms with van der Waals surface area (Å²) in [4.78, 5) is 23.5. The van der Waals surface area contributed by atoms with Gasteiger partial charge in [-0.05, 0) is 32.4 Å². The molecule has 0 bridgehead atoms. The van der Waals surface area contributed by atoms with Gasteiger partial charge in [-0.1, -0.05) is 19.1 Å². The van der Waals surface area contributed by atoms with E-state index >= 15 is 0 Å². The summed E-state index contributed by atoms with van der Waals surface area (Å²) < 4.78 is 24.6. The van der Waals surface area contributed by atoms with Crippen LogP contribution in [0.1, 0.15) is 27.2 Å². The van der Waals surface area contributed by atoms with Gasteiger partial charge in [0.05, 0.1) is 15.9 Å². The Morgan fingerprint density at radius 1 is 1.26 bits per heavy atom. The van der Waals surface area contributed by atoms with E-state index in [0.717, 1.165) is 11.8 Å². The number of aliphatic carboxylic acids is 1. The SMILES string of the molecule is CCCS(=O)(=O)c1ccccc1SC(C)C(=O)NC(C)C(=O)O. The average Bonchev–Trinajstić information content (AvgIpc) is 2.47. The molecule has 2 N–H and O–H groups in total. The van der Waals surface area contributed by atoms with Crippen molar-refractivity contribution in [3.05, 3.63) is 24.3 Å². The van der Waals surface area contributed by atoms with E-state index in [1.165, 1.54) is 13.0 Å². The van der Waals surface area contributed by atoms with Crippen molar-refractivity contribution in [1.82, 2.24) is 5.32 Å². The van der Waals surface area contributed by atoms with Crippen molar-refractivity contribution >= 4 is 33.5 Å². The fourth-order valence-corrected chi connectivity index (χ4v) is 4.66. The lowest BCUT2D eigenvalue weighted by molar-refractivity contribution is -0.141. The highest BCUT2D eigenvalue weighted by Crippen LogP contribution is 2.30. The van der Waals surface area contributed by atoms with Gasteiger partial charge in [0.1, 0.15) is 6.04 Å². The molecular formula is C15H21NO5S2. The molecule has 0 aliphatic carbocycles. The summed E-state index contributed by atoms with van der Waals surface area (Å²) in [7, 11) is -3.40. The highest BCUT2D eigenvalue weighted by atomic mass is 32.2. The Morgan fingerprint density at radius 2 is 1.87 bits per heavy atom. The molecule has 2 unspecified atom stereocenters. The third-order valence-electron chi connectivity index (χ3n) is 3.06. The van der Waals surface area contributed by atoms with E-state index in [9.17, 15) is 18.0 Å². The first-order chi connectivity index (χ1) is 10.7. The number of carbonyl (C=O) groups excluding carboxylic acids is 1. The van der Waals surface area contributed by atoms with Crippen molar-refractivity contribution in [2.75, 3.05) is 5.75 Å². The van der Waals surface area contributed by atoms with Crippen LogP contribution in [-0.2, 0) is 19.4 Å².